The van der Waals surface area contributed by atoms with Crippen molar-refractivity contribution in [1.29, 1.82) is 0 Å². The lowest BCUT2D eigenvalue weighted by molar-refractivity contribution is 0.231. The van der Waals surface area contributed by atoms with Crippen molar-refractivity contribution in [1.82, 2.24) is 15.1 Å². The second-order valence-corrected chi connectivity index (χ2v) is 4.89. The van der Waals surface area contributed by atoms with E-state index >= 15 is 0 Å². The molecular weight excluding hydrogens is 186 g/mol. The molecule has 0 bridgehead atoms. The maximum atomic E-state index is 4.25. The molecule has 1 aromatic rings. The second kappa shape index (κ2) is 4.35. The van der Waals surface area contributed by atoms with Crippen molar-refractivity contribution in [3.8, 4) is 0 Å². The fourth-order valence-electron chi connectivity index (χ4n) is 2.34. The van der Waals surface area contributed by atoms with Crippen molar-refractivity contribution < 1.29 is 0 Å². The maximum Gasteiger partial charge on any atom is 0.0492 e. The third-order valence-corrected chi connectivity index (χ3v) is 3.44. The van der Waals surface area contributed by atoms with Crippen LogP contribution in [0.4, 0.5) is 0 Å². The Morgan fingerprint density at radius 1 is 1.53 bits per heavy atom. The highest BCUT2D eigenvalue weighted by atomic mass is 15.3. The van der Waals surface area contributed by atoms with E-state index < -0.39 is 0 Å². The number of aromatic nitrogens is 2. The average molecular weight is 207 g/mol. The van der Waals surface area contributed by atoms with Gasteiger partial charge in [-0.2, -0.15) is 5.10 Å². The highest BCUT2D eigenvalue weighted by Gasteiger charge is 2.33. The van der Waals surface area contributed by atoms with Gasteiger partial charge in [0.1, 0.15) is 0 Å². The molecule has 0 aliphatic heterocycles. The van der Waals surface area contributed by atoms with Gasteiger partial charge in [-0.15, -0.1) is 0 Å². The molecule has 2 atom stereocenters. The summed E-state index contributed by atoms with van der Waals surface area (Å²) < 4.78 is 2.02. The molecule has 2 unspecified atom stereocenters. The molecule has 0 aromatic carbocycles. The molecule has 3 nitrogen and oxygen atoms in total. The number of hydrogen-bond donors (Lipinski definition) is 1. The number of aryl methyl sites for hydroxylation is 1. The highest BCUT2D eigenvalue weighted by molar-refractivity contribution is 5.13. The lowest BCUT2D eigenvalue weighted by Crippen LogP contribution is -2.37. The zero-order valence-corrected chi connectivity index (χ0v) is 9.90. The van der Waals surface area contributed by atoms with Crippen LogP contribution >= 0.6 is 0 Å². The van der Waals surface area contributed by atoms with E-state index in [0.717, 1.165) is 18.4 Å². The molecule has 3 heteroatoms. The molecule has 1 N–H and O–H groups in total. The van der Waals surface area contributed by atoms with Crippen molar-refractivity contribution in [2.45, 2.75) is 38.6 Å². The molecule has 2 rings (SSSR count). The zero-order valence-electron chi connectivity index (χ0n) is 9.90. The van der Waals surface area contributed by atoms with Crippen LogP contribution in [0, 0.1) is 5.92 Å². The van der Waals surface area contributed by atoms with E-state index in [9.17, 15) is 0 Å². The topological polar surface area (TPSA) is 29.9 Å². The number of hydrogen-bond acceptors (Lipinski definition) is 2. The molecule has 15 heavy (non-hydrogen) atoms. The fourth-order valence-corrected chi connectivity index (χ4v) is 2.34. The zero-order chi connectivity index (χ0) is 10.8. The first-order valence-electron chi connectivity index (χ1n) is 5.89. The molecular formula is C12H21N3. The lowest BCUT2D eigenvalue weighted by atomic mass is 9.71. The summed E-state index contributed by atoms with van der Waals surface area (Å²) in [6, 6.07) is 2.75. The van der Waals surface area contributed by atoms with Gasteiger partial charge in [-0.3, -0.25) is 4.68 Å². The Labute approximate surface area is 91.9 Å². The summed E-state index contributed by atoms with van der Waals surface area (Å²) >= 11 is 0. The van der Waals surface area contributed by atoms with Crippen LogP contribution in [0.25, 0.3) is 0 Å². The minimum atomic E-state index is 0.595. The van der Waals surface area contributed by atoms with Crippen LogP contribution in [-0.2, 0) is 7.05 Å². The summed E-state index contributed by atoms with van der Waals surface area (Å²) in [7, 11) is 2.04. The summed E-state index contributed by atoms with van der Waals surface area (Å²) in [5, 5.41) is 7.77. The van der Waals surface area contributed by atoms with Crippen LogP contribution in [0.3, 0.4) is 0 Å². The van der Waals surface area contributed by atoms with E-state index in [4.69, 9.17) is 0 Å². The SMILES string of the molecule is CC(C)NCC1CCC1c1ccnn1C. The molecule has 0 radical (unpaired) electrons. The quantitative estimate of drug-likeness (QED) is 0.817. The van der Waals surface area contributed by atoms with Gasteiger partial charge >= 0.3 is 0 Å². The fraction of sp³-hybridized carbons (Fsp3) is 0.750. The summed E-state index contributed by atoms with van der Waals surface area (Å²) in [5.41, 5.74) is 1.40. The van der Waals surface area contributed by atoms with Crippen molar-refractivity contribution in [3.05, 3.63) is 18.0 Å². The van der Waals surface area contributed by atoms with Crippen LogP contribution in [-0.4, -0.2) is 22.4 Å². The van der Waals surface area contributed by atoms with E-state index in [1.54, 1.807) is 0 Å². The first kappa shape index (κ1) is 10.7. The lowest BCUT2D eigenvalue weighted by Gasteiger charge is -2.37. The Morgan fingerprint density at radius 3 is 2.80 bits per heavy atom. The molecule has 1 aliphatic carbocycles. The van der Waals surface area contributed by atoms with Crippen molar-refractivity contribution >= 4 is 0 Å². The highest BCUT2D eigenvalue weighted by Crippen LogP contribution is 2.41. The van der Waals surface area contributed by atoms with Crippen molar-refractivity contribution in [3.63, 3.8) is 0 Å². The third-order valence-electron chi connectivity index (χ3n) is 3.44. The van der Waals surface area contributed by atoms with E-state index in [1.165, 1.54) is 18.5 Å². The van der Waals surface area contributed by atoms with Gasteiger partial charge in [-0.1, -0.05) is 13.8 Å². The van der Waals surface area contributed by atoms with Gasteiger partial charge in [-0.05, 0) is 31.4 Å². The Balaban J connectivity index is 1.92. The smallest absolute Gasteiger partial charge is 0.0492 e. The molecule has 0 spiro atoms. The standard InChI is InChI=1S/C12H21N3/c1-9(2)13-8-10-4-5-11(10)12-6-7-14-15(12)3/h6-7,9-11,13H,4-5,8H2,1-3H3. The van der Waals surface area contributed by atoms with Crippen LogP contribution in [0.15, 0.2) is 12.3 Å². The van der Waals surface area contributed by atoms with E-state index in [2.05, 4.69) is 30.3 Å². The van der Waals surface area contributed by atoms with Crippen LogP contribution < -0.4 is 5.32 Å². The van der Waals surface area contributed by atoms with Crippen molar-refractivity contribution in [2.75, 3.05) is 6.54 Å². The van der Waals surface area contributed by atoms with Crippen molar-refractivity contribution in [2.24, 2.45) is 13.0 Å². The molecule has 1 aromatic heterocycles. The van der Waals surface area contributed by atoms with E-state index in [1.807, 2.05) is 17.9 Å². The summed E-state index contributed by atoms with van der Waals surface area (Å²) in [4.78, 5) is 0. The number of nitrogens with one attached hydrogen (secondary N) is 1. The summed E-state index contributed by atoms with van der Waals surface area (Å²) in [5.74, 6) is 1.53. The Kier molecular flexibility index (Phi) is 3.10. The number of nitrogens with zero attached hydrogens (tertiary/aromatic N) is 2. The first-order chi connectivity index (χ1) is 7.18. The largest absolute Gasteiger partial charge is 0.314 e. The molecule has 1 aliphatic rings. The molecule has 0 amide bonds. The maximum absolute atomic E-state index is 4.25. The van der Waals surface area contributed by atoms with Gasteiger partial charge in [-0.25, -0.2) is 0 Å². The van der Waals surface area contributed by atoms with Gasteiger partial charge in [0.25, 0.3) is 0 Å². The monoisotopic (exact) mass is 207 g/mol. The molecule has 1 fully saturated rings. The predicted octanol–water partition coefficient (Wildman–Crippen LogP) is 1.91. The molecule has 84 valence electrons. The minimum absolute atomic E-state index is 0.595. The summed E-state index contributed by atoms with van der Waals surface area (Å²) in [6.45, 7) is 5.56. The Hall–Kier alpha value is -0.830. The summed E-state index contributed by atoms with van der Waals surface area (Å²) in [6.07, 6.45) is 4.58. The van der Waals surface area contributed by atoms with Gasteiger partial charge in [0.05, 0.1) is 0 Å². The molecule has 0 saturated heterocycles. The average Bonchev–Trinajstić information content (AvgIpc) is 2.50. The van der Waals surface area contributed by atoms with Crippen LogP contribution in [0.1, 0.15) is 38.3 Å². The molecule has 1 saturated carbocycles. The van der Waals surface area contributed by atoms with E-state index in [-0.39, 0.29) is 0 Å². The van der Waals surface area contributed by atoms with Crippen LogP contribution in [0.2, 0.25) is 0 Å². The van der Waals surface area contributed by atoms with Gasteiger partial charge < -0.3 is 5.32 Å². The van der Waals surface area contributed by atoms with Gasteiger partial charge in [0, 0.05) is 30.9 Å². The Bertz CT molecular complexity index is 316. The minimum Gasteiger partial charge on any atom is -0.314 e. The molecule has 1 heterocycles. The first-order valence-corrected chi connectivity index (χ1v) is 5.89. The predicted molar refractivity (Wildman–Crippen MR) is 61.8 cm³/mol. The van der Waals surface area contributed by atoms with E-state index in [0.29, 0.717) is 6.04 Å². The number of rotatable bonds is 4. The Morgan fingerprint density at radius 2 is 2.33 bits per heavy atom. The van der Waals surface area contributed by atoms with Gasteiger partial charge in [0.15, 0.2) is 0 Å². The second-order valence-electron chi connectivity index (χ2n) is 4.89. The van der Waals surface area contributed by atoms with Gasteiger partial charge in [0.2, 0.25) is 0 Å². The normalized spacial score (nSPS) is 25.6. The third kappa shape index (κ3) is 2.23. The van der Waals surface area contributed by atoms with Crippen LogP contribution in [0.5, 0.6) is 0 Å².